The predicted molar refractivity (Wildman–Crippen MR) is 124 cm³/mol. The molecule has 2 aromatic carbocycles. The molecule has 0 spiro atoms. The standard InChI is InChI=1S/C24H26O12/c1-31-12-5-4-6-13(35-24-21(30)20(29)19(28)16(9-25)36-24)18(12)14-7-10(26)17-11(27)8-15(32-2)22(33-3)23(17)34-14/h4-8,16,19-21,24-25,27-30H,9H2,1-3H3/t16-,19-,20+,21-,24-/m1/s1. The van der Waals surface area contributed by atoms with Crippen molar-refractivity contribution >= 4 is 11.0 Å². The highest BCUT2D eigenvalue weighted by Gasteiger charge is 2.45. The third kappa shape index (κ3) is 4.29. The number of fused-ring (bicyclic) bond motifs is 1. The van der Waals surface area contributed by atoms with Crippen molar-refractivity contribution < 1.29 is 53.6 Å². The van der Waals surface area contributed by atoms with Crippen molar-refractivity contribution in [2.24, 2.45) is 0 Å². The molecule has 1 aromatic heterocycles. The number of rotatable bonds is 7. The maximum Gasteiger partial charge on any atom is 0.229 e. The summed E-state index contributed by atoms with van der Waals surface area (Å²) in [6.07, 6.45) is -7.60. The third-order valence-electron chi connectivity index (χ3n) is 5.87. The van der Waals surface area contributed by atoms with Crippen LogP contribution in [-0.4, -0.2) is 84.2 Å². The van der Waals surface area contributed by atoms with Crippen LogP contribution in [-0.2, 0) is 4.74 Å². The van der Waals surface area contributed by atoms with Gasteiger partial charge in [0.15, 0.2) is 16.8 Å². The number of aliphatic hydroxyl groups excluding tert-OH is 4. The highest BCUT2D eigenvalue weighted by atomic mass is 16.7. The minimum Gasteiger partial charge on any atom is -0.507 e. The SMILES string of the molecule is COc1cccc(O[C@@H]2O[C@H](CO)[C@@H](O)[C@H](O)[C@H]2O)c1-c1cc(=O)c2c(O)cc(OC)c(OC)c2o1. The maximum atomic E-state index is 13.0. The van der Waals surface area contributed by atoms with Gasteiger partial charge in [0.25, 0.3) is 0 Å². The van der Waals surface area contributed by atoms with Gasteiger partial charge in [-0.15, -0.1) is 0 Å². The van der Waals surface area contributed by atoms with Gasteiger partial charge in [-0.25, -0.2) is 0 Å². The van der Waals surface area contributed by atoms with Crippen molar-refractivity contribution in [2.45, 2.75) is 30.7 Å². The highest BCUT2D eigenvalue weighted by molar-refractivity contribution is 5.92. The van der Waals surface area contributed by atoms with E-state index in [9.17, 15) is 30.3 Å². The lowest BCUT2D eigenvalue weighted by molar-refractivity contribution is -0.277. The summed E-state index contributed by atoms with van der Waals surface area (Å²) in [6, 6.07) is 6.96. The van der Waals surface area contributed by atoms with Crippen LogP contribution in [0.5, 0.6) is 28.7 Å². The van der Waals surface area contributed by atoms with Crippen LogP contribution in [0, 0.1) is 0 Å². The quantitative estimate of drug-likeness (QED) is 0.298. The molecule has 0 aliphatic carbocycles. The number of phenols is 1. The van der Waals surface area contributed by atoms with Crippen LogP contribution in [0.4, 0.5) is 0 Å². The number of hydrogen-bond donors (Lipinski definition) is 5. The first-order valence-corrected chi connectivity index (χ1v) is 10.8. The molecule has 5 atom stereocenters. The fourth-order valence-electron chi connectivity index (χ4n) is 4.05. The lowest BCUT2D eigenvalue weighted by Crippen LogP contribution is -2.60. The number of aliphatic hydroxyl groups is 4. The topological polar surface area (TPSA) is 178 Å². The Labute approximate surface area is 204 Å². The van der Waals surface area contributed by atoms with Gasteiger partial charge < -0.3 is 53.6 Å². The lowest BCUT2D eigenvalue weighted by atomic mass is 9.99. The van der Waals surface area contributed by atoms with Gasteiger partial charge in [-0.3, -0.25) is 4.79 Å². The molecule has 0 amide bonds. The lowest BCUT2D eigenvalue weighted by Gasteiger charge is -2.39. The van der Waals surface area contributed by atoms with E-state index in [1.807, 2.05) is 0 Å². The van der Waals surface area contributed by atoms with E-state index in [0.717, 1.165) is 6.07 Å². The van der Waals surface area contributed by atoms with Crippen LogP contribution in [0.2, 0.25) is 0 Å². The van der Waals surface area contributed by atoms with Crippen LogP contribution in [0.3, 0.4) is 0 Å². The van der Waals surface area contributed by atoms with E-state index >= 15 is 0 Å². The molecular weight excluding hydrogens is 480 g/mol. The van der Waals surface area contributed by atoms with Gasteiger partial charge in [-0.2, -0.15) is 0 Å². The number of ether oxygens (including phenoxy) is 5. The van der Waals surface area contributed by atoms with Gasteiger partial charge in [-0.1, -0.05) is 6.07 Å². The van der Waals surface area contributed by atoms with Crippen LogP contribution < -0.4 is 24.4 Å². The normalized spacial score (nSPS) is 23.9. The second-order valence-electron chi connectivity index (χ2n) is 7.96. The summed E-state index contributed by atoms with van der Waals surface area (Å²) < 4.78 is 33.3. The van der Waals surface area contributed by atoms with Crippen LogP contribution in [0.15, 0.2) is 39.5 Å². The van der Waals surface area contributed by atoms with E-state index in [-0.39, 0.29) is 51.0 Å². The van der Waals surface area contributed by atoms with Crippen molar-refractivity contribution in [2.75, 3.05) is 27.9 Å². The summed E-state index contributed by atoms with van der Waals surface area (Å²) in [5, 5.41) is 50.3. The van der Waals surface area contributed by atoms with E-state index in [2.05, 4.69) is 0 Å². The van der Waals surface area contributed by atoms with Gasteiger partial charge in [0.1, 0.15) is 58.4 Å². The fourth-order valence-corrected chi connectivity index (χ4v) is 4.05. The number of methoxy groups -OCH3 is 3. The molecule has 1 aliphatic heterocycles. The average molecular weight is 506 g/mol. The van der Waals surface area contributed by atoms with E-state index in [4.69, 9.17) is 28.1 Å². The minimum atomic E-state index is -1.67. The van der Waals surface area contributed by atoms with E-state index in [1.165, 1.54) is 33.5 Å². The number of phenolic OH excluding ortho intramolecular Hbond substituents is 1. The Morgan fingerprint density at radius 2 is 1.61 bits per heavy atom. The zero-order chi connectivity index (χ0) is 26.1. The Bertz CT molecular complexity index is 1300. The van der Waals surface area contributed by atoms with Crippen molar-refractivity contribution in [1.29, 1.82) is 0 Å². The van der Waals surface area contributed by atoms with Crippen molar-refractivity contribution in [1.82, 2.24) is 0 Å². The molecule has 5 N–H and O–H groups in total. The monoisotopic (exact) mass is 506 g/mol. The molecule has 194 valence electrons. The molecule has 0 saturated carbocycles. The molecular formula is C24H26O12. The summed E-state index contributed by atoms with van der Waals surface area (Å²) in [5.41, 5.74) is -0.559. The van der Waals surface area contributed by atoms with Gasteiger partial charge in [0, 0.05) is 12.1 Å². The molecule has 1 fully saturated rings. The van der Waals surface area contributed by atoms with Crippen molar-refractivity contribution in [3.63, 3.8) is 0 Å². The van der Waals surface area contributed by atoms with Gasteiger partial charge in [0.2, 0.25) is 12.0 Å². The summed E-state index contributed by atoms with van der Waals surface area (Å²) >= 11 is 0. The summed E-state index contributed by atoms with van der Waals surface area (Å²) in [7, 11) is 4.08. The van der Waals surface area contributed by atoms with Gasteiger partial charge >= 0.3 is 0 Å². The molecule has 0 radical (unpaired) electrons. The third-order valence-corrected chi connectivity index (χ3v) is 5.87. The molecule has 12 nitrogen and oxygen atoms in total. The van der Waals surface area contributed by atoms with Gasteiger partial charge in [0.05, 0.1) is 27.9 Å². The van der Waals surface area contributed by atoms with Gasteiger partial charge in [-0.05, 0) is 12.1 Å². The first-order chi connectivity index (χ1) is 17.2. The minimum absolute atomic E-state index is 0.0206. The molecule has 0 unspecified atom stereocenters. The number of benzene rings is 2. The Kier molecular flexibility index (Phi) is 7.24. The summed E-state index contributed by atoms with van der Waals surface area (Å²) in [6.45, 7) is -0.638. The van der Waals surface area contributed by atoms with E-state index in [1.54, 1.807) is 12.1 Å². The second-order valence-corrected chi connectivity index (χ2v) is 7.96. The fraction of sp³-hybridized carbons (Fsp3) is 0.375. The zero-order valence-corrected chi connectivity index (χ0v) is 19.6. The highest BCUT2D eigenvalue weighted by Crippen LogP contribution is 2.44. The smallest absolute Gasteiger partial charge is 0.229 e. The summed E-state index contributed by atoms with van der Waals surface area (Å²) in [4.78, 5) is 13.0. The number of aromatic hydroxyl groups is 1. The first kappa shape index (κ1) is 25.5. The molecule has 1 saturated heterocycles. The molecule has 4 rings (SSSR count). The number of hydrogen-bond acceptors (Lipinski definition) is 12. The Morgan fingerprint density at radius 1 is 0.917 bits per heavy atom. The van der Waals surface area contributed by atoms with Crippen molar-refractivity contribution in [3.05, 3.63) is 40.6 Å². The Hall–Kier alpha value is -3.55. The van der Waals surface area contributed by atoms with E-state index < -0.39 is 42.7 Å². The Morgan fingerprint density at radius 3 is 2.25 bits per heavy atom. The van der Waals surface area contributed by atoms with E-state index in [0.29, 0.717) is 0 Å². The Balaban J connectivity index is 1.88. The molecule has 36 heavy (non-hydrogen) atoms. The molecule has 12 heteroatoms. The molecule has 0 bridgehead atoms. The van der Waals surface area contributed by atoms with Crippen LogP contribution >= 0.6 is 0 Å². The van der Waals surface area contributed by atoms with Crippen molar-refractivity contribution in [3.8, 4) is 40.1 Å². The average Bonchev–Trinajstić information content (AvgIpc) is 2.88. The van der Waals surface area contributed by atoms with Crippen LogP contribution in [0.25, 0.3) is 22.3 Å². The maximum absolute atomic E-state index is 13.0. The molecule has 1 aliphatic rings. The largest absolute Gasteiger partial charge is 0.507 e. The second kappa shape index (κ2) is 10.2. The van der Waals surface area contributed by atoms with Crippen LogP contribution in [0.1, 0.15) is 0 Å². The molecule has 3 aromatic rings. The predicted octanol–water partition coefficient (Wildman–Crippen LogP) is 0.370. The summed E-state index contributed by atoms with van der Waals surface area (Å²) in [5.74, 6) is 0.00497. The zero-order valence-electron chi connectivity index (χ0n) is 19.6. The first-order valence-electron chi connectivity index (χ1n) is 10.8. The molecule has 2 heterocycles.